The van der Waals surface area contributed by atoms with E-state index in [2.05, 4.69) is 28.2 Å². The van der Waals surface area contributed by atoms with E-state index < -0.39 is 5.60 Å². The summed E-state index contributed by atoms with van der Waals surface area (Å²) < 4.78 is 7.55. The number of carbonyl (C=O) groups excluding carboxylic acids is 2. The van der Waals surface area contributed by atoms with Crippen LogP contribution in [-0.4, -0.2) is 28.2 Å². The van der Waals surface area contributed by atoms with Crippen molar-refractivity contribution in [2.45, 2.75) is 78.0 Å². The molecule has 0 bridgehead atoms. The van der Waals surface area contributed by atoms with Crippen LogP contribution in [0, 0.1) is 5.92 Å². The van der Waals surface area contributed by atoms with Crippen LogP contribution in [0.5, 0.6) is 0 Å². The molecule has 6 heteroatoms. The van der Waals surface area contributed by atoms with Crippen LogP contribution < -0.4 is 10.6 Å². The first-order valence-electron chi connectivity index (χ1n) is 9.28. The fourth-order valence-corrected chi connectivity index (χ4v) is 3.43. The van der Waals surface area contributed by atoms with Crippen molar-refractivity contribution < 1.29 is 14.3 Å². The predicted octanol–water partition coefficient (Wildman–Crippen LogP) is 3.24. The Hall–Kier alpha value is -1.98. The zero-order chi connectivity index (χ0) is 18.2. The minimum absolute atomic E-state index is 0.0713. The van der Waals surface area contributed by atoms with Crippen LogP contribution in [-0.2, 0) is 28.9 Å². The number of amides is 2. The van der Waals surface area contributed by atoms with E-state index in [9.17, 15) is 9.59 Å². The van der Waals surface area contributed by atoms with Crippen LogP contribution in [0.3, 0.4) is 0 Å². The first-order valence-corrected chi connectivity index (χ1v) is 9.28. The summed E-state index contributed by atoms with van der Waals surface area (Å²) in [5.41, 5.74) is 1.99. The third-order valence-electron chi connectivity index (χ3n) is 4.73. The molecule has 1 aromatic heterocycles. The second-order valence-corrected chi connectivity index (χ2v) is 8.10. The van der Waals surface area contributed by atoms with Gasteiger partial charge in [0.2, 0.25) is 5.91 Å². The Bertz CT molecular complexity index is 668. The fourth-order valence-electron chi connectivity index (χ4n) is 3.43. The zero-order valence-electron chi connectivity index (χ0n) is 15.6. The molecule has 1 aromatic rings. The van der Waals surface area contributed by atoms with Gasteiger partial charge in [-0.25, -0.2) is 4.79 Å². The lowest BCUT2D eigenvalue weighted by Crippen LogP contribution is -2.41. The number of ether oxygens (including phenoxy) is 1. The maximum absolute atomic E-state index is 12.1. The normalized spacial score (nSPS) is 19.9. The monoisotopic (exact) mass is 347 g/mol. The summed E-state index contributed by atoms with van der Waals surface area (Å²) in [6, 6.07) is 2.14. The number of fused-ring (bicyclic) bond motifs is 1. The third-order valence-corrected chi connectivity index (χ3v) is 4.73. The van der Waals surface area contributed by atoms with Gasteiger partial charge in [-0.2, -0.15) is 0 Å². The highest BCUT2D eigenvalue weighted by atomic mass is 16.6. The van der Waals surface area contributed by atoms with Gasteiger partial charge in [0, 0.05) is 24.2 Å². The highest BCUT2D eigenvalue weighted by molar-refractivity contribution is 5.93. The number of nitrogens with one attached hydrogen (secondary N) is 2. The lowest BCUT2D eigenvalue weighted by molar-refractivity contribution is -0.117. The van der Waals surface area contributed by atoms with Gasteiger partial charge in [-0.3, -0.25) is 4.79 Å². The molecular formula is C19H29N3O3. The number of aromatic nitrogens is 1. The average molecular weight is 347 g/mol. The second-order valence-electron chi connectivity index (χ2n) is 8.10. The van der Waals surface area contributed by atoms with Crippen LogP contribution in [0.4, 0.5) is 10.6 Å². The molecule has 6 nitrogen and oxygen atoms in total. The van der Waals surface area contributed by atoms with Gasteiger partial charge < -0.3 is 19.9 Å². The number of alkyl carbamates (subject to hydrolysis) is 1. The van der Waals surface area contributed by atoms with Crippen molar-refractivity contribution >= 4 is 17.8 Å². The summed E-state index contributed by atoms with van der Waals surface area (Å²) in [6.07, 6.45) is 4.18. The SMILES string of the molecule is CCn1c(NC(=O)C2CC2)cc2c1CCC(NC(=O)OC(C)(C)C)C2. The van der Waals surface area contributed by atoms with Crippen LogP contribution in [0.2, 0.25) is 0 Å². The van der Waals surface area contributed by atoms with Gasteiger partial charge in [-0.05, 0) is 71.4 Å². The topological polar surface area (TPSA) is 72.4 Å². The van der Waals surface area contributed by atoms with E-state index in [0.29, 0.717) is 0 Å². The van der Waals surface area contributed by atoms with Crippen molar-refractivity contribution in [1.29, 1.82) is 0 Å². The Morgan fingerprint density at radius 3 is 2.60 bits per heavy atom. The van der Waals surface area contributed by atoms with E-state index in [-0.39, 0.29) is 24.0 Å². The Morgan fingerprint density at radius 1 is 1.28 bits per heavy atom. The number of carbonyl (C=O) groups is 2. The van der Waals surface area contributed by atoms with Crippen molar-refractivity contribution in [3.8, 4) is 0 Å². The van der Waals surface area contributed by atoms with E-state index in [1.807, 2.05) is 20.8 Å². The fraction of sp³-hybridized carbons (Fsp3) is 0.684. The standard InChI is InChI=1S/C19H29N3O3/c1-5-22-15-9-8-14(20-18(24)25-19(2,3)4)10-13(15)11-16(22)21-17(23)12-6-7-12/h11-12,14H,5-10H2,1-4H3,(H,20,24)(H,21,23). The van der Waals surface area contributed by atoms with Crippen molar-refractivity contribution in [1.82, 2.24) is 9.88 Å². The Labute approximate surface area is 149 Å². The smallest absolute Gasteiger partial charge is 0.407 e. The molecule has 2 N–H and O–H groups in total. The summed E-state index contributed by atoms with van der Waals surface area (Å²) >= 11 is 0. The molecule has 1 atom stereocenters. The summed E-state index contributed by atoms with van der Waals surface area (Å²) in [6.45, 7) is 8.52. The first-order chi connectivity index (χ1) is 11.8. The molecule has 2 amide bonds. The van der Waals surface area contributed by atoms with Gasteiger partial charge in [0.1, 0.15) is 11.4 Å². The van der Waals surface area contributed by atoms with Crippen molar-refractivity contribution in [3.05, 3.63) is 17.3 Å². The summed E-state index contributed by atoms with van der Waals surface area (Å²) in [5.74, 6) is 1.22. The van der Waals surface area contributed by atoms with Gasteiger partial charge in [-0.15, -0.1) is 0 Å². The molecule has 2 aliphatic carbocycles. The lowest BCUT2D eigenvalue weighted by atomic mass is 9.93. The summed E-state index contributed by atoms with van der Waals surface area (Å²) in [4.78, 5) is 24.1. The summed E-state index contributed by atoms with van der Waals surface area (Å²) in [7, 11) is 0. The summed E-state index contributed by atoms with van der Waals surface area (Å²) in [5, 5.41) is 6.05. The molecule has 3 rings (SSSR count). The molecular weight excluding hydrogens is 318 g/mol. The van der Waals surface area contributed by atoms with Crippen LogP contribution in [0.25, 0.3) is 0 Å². The van der Waals surface area contributed by atoms with E-state index >= 15 is 0 Å². The maximum Gasteiger partial charge on any atom is 0.407 e. The Balaban J connectivity index is 1.67. The highest BCUT2D eigenvalue weighted by Crippen LogP contribution is 2.32. The molecule has 0 saturated heterocycles. The average Bonchev–Trinajstić information content (AvgIpc) is 3.28. The van der Waals surface area contributed by atoms with Gasteiger partial charge in [0.25, 0.3) is 0 Å². The number of rotatable bonds is 4. The van der Waals surface area contributed by atoms with Gasteiger partial charge in [-0.1, -0.05) is 0 Å². The quantitative estimate of drug-likeness (QED) is 0.878. The minimum atomic E-state index is -0.490. The van der Waals surface area contributed by atoms with Gasteiger partial charge >= 0.3 is 6.09 Å². The van der Waals surface area contributed by atoms with Crippen LogP contribution in [0.1, 0.15) is 58.2 Å². The number of nitrogens with zero attached hydrogens (tertiary/aromatic N) is 1. The molecule has 1 saturated carbocycles. The predicted molar refractivity (Wildman–Crippen MR) is 96.6 cm³/mol. The highest BCUT2D eigenvalue weighted by Gasteiger charge is 2.31. The molecule has 0 aliphatic heterocycles. The van der Waals surface area contributed by atoms with Crippen LogP contribution in [0.15, 0.2) is 6.07 Å². The maximum atomic E-state index is 12.1. The van der Waals surface area contributed by atoms with E-state index in [0.717, 1.165) is 44.5 Å². The molecule has 1 fully saturated rings. The molecule has 0 radical (unpaired) electrons. The Morgan fingerprint density at radius 2 is 2.00 bits per heavy atom. The number of anilines is 1. The molecule has 0 aromatic carbocycles. The largest absolute Gasteiger partial charge is 0.444 e. The van der Waals surface area contributed by atoms with Crippen molar-refractivity contribution in [3.63, 3.8) is 0 Å². The lowest BCUT2D eigenvalue weighted by Gasteiger charge is -2.26. The van der Waals surface area contributed by atoms with Gasteiger partial charge in [0.05, 0.1) is 0 Å². The minimum Gasteiger partial charge on any atom is -0.444 e. The van der Waals surface area contributed by atoms with Gasteiger partial charge in [0.15, 0.2) is 0 Å². The Kier molecular flexibility index (Phi) is 4.80. The van der Waals surface area contributed by atoms with E-state index in [4.69, 9.17) is 4.74 Å². The van der Waals surface area contributed by atoms with Crippen LogP contribution >= 0.6 is 0 Å². The zero-order valence-corrected chi connectivity index (χ0v) is 15.6. The molecule has 25 heavy (non-hydrogen) atoms. The molecule has 2 aliphatic rings. The molecule has 1 heterocycles. The van der Waals surface area contributed by atoms with E-state index in [1.54, 1.807) is 0 Å². The first kappa shape index (κ1) is 17.8. The second kappa shape index (κ2) is 6.73. The molecule has 1 unspecified atom stereocenters. The van der Waals surface area contributed by atoms with Crippen molar-refractivity contribution in [2.75, 3.05) is 5.32 Å². The van der Waals surface area contributed by atoms with E-state index in [1.165, 1.54) is 11.3 Å². The third kappa shape index (κ3) is 4.35. The number of hydrogen-bond acceptors (Lipinski definition) is 3. The number of hydrogen-bond donors (Lipinski definition) is 2. The van der Waals surface area contributed by atoms with Crippen molar-refractivity contribution in [2.24, 2.45) is 5.92 Å². The molecule has 138 valence electrons. The molecule has 0 spiro atoms.